The molecule has 4 N–H and O–H groups in total. The molecule has 0 saturated heterocycles. The Balaban J connectivity index is 0.000000195. The van der Waals surface area contributed by atoms with Gasteiger partial charge in [0, 0.05) is 56.0 Å². The third-order valence-corrected chi connectivity index (χ3v) is 8.18. The van der Waals surface area contributed by atoms with E-state index in [4.69, 9.17) is 50.6 Å². The third kappa shape index (κ3) is 12.6. The maximum atomic E-state index is 13.6. The quantitative estimate of drug-likeness (QED) is 0.0676. The van der Waals surface area contributed by atoms with Gasteiger partial charge in [-0.25, -0.2) is 13.2 Å². The molecule has 0 heterocycles. The molecule has 0 aliphatic carbocycles. The Bertz CT molecular complexity index is 2160. The van der Waals surface area contributed by atoms with E-state index >= 15 is 0 Å². The van der Waals surface area contributed by atoms with Crippen molar-refractivity contribution in [2.24, 2.45) is 0 Å². The Morgan fingerprint density at radius 2 is 1.00 bits per heavy atom. The number of nitro groups is 2. The van der Waals surface area contributed by atoms with E-state index in [-0.39, 0.29) is 38.3 Å². The van der Waals surface area contributed by atoms with Gasteiger partial charge in [-0.05, 0) is 65.7 Å². The molecule has 272 valence electrons. The van der Waals surface area contributed by atoms with Crippen LogP contribution < -0.4 is 11.2 Å². The van der Waals surface area contributed by atoms with E-state index in [9.17, 15) is 33.4 Å². The molecule has 0 radical (unpaired) electrons. The molecule has 0 atom stereocenters. The van der Waals surface area contributed by atoms with E-state index in [1.165, 1.54) is 60.7 Å². The average molecular weight is 850 g/mol. The Labute approximate surface area is 324 Å². The lowest BCUT2D eigenvalue weighted by molar-refractivity contribution is -0.385. The molecule has 9 nitrogen and oxygen atoms in total. The minimum atomic E-state index is -1.86. The summed E-state index contributed by atoms with van der Waals surface area (Å²) in [5.41, 5.74) is 7.60. The standard InChI is InChI=1S/C12H7ClFNO2.C12H9ClFN.C6H5BClFO2.C6H4BrNO2/c13-10-5-2-6-11(14)12(10)8-3-1-4-9(7-8)15(16)17;13-10-5-2-6-11(14)12(10)8-3-1-4-9(15)7-8;8-4-2-1-3-5(9)6(4)7(10)11;7-5-2-1-3-6(4-5)8(9)10/h1-7H;1-7H,15H2;1-3,10-11H;1-4H. The lowest BCUT2D eigenvalue weighted by atomic mass is 9.80. The molecule has 17 heteroatoms. The number of halogens is 7. The van der Waals surface area contributed by atoms with Gasteiger partial charge < -0.3 is 15.8 Å². The molecular weight excluding hydrogens is 824 g/mol. The van der Waals surface area contributed by atoms with Gasteiger partial charge in [0.05, 0.1) is 19.9 Å². The topological polar surface area (TPSA) is 153 Å². The summed E-state index contributed by atoms with van der Waals surface area (Å²) in [4.78, 5) is 19.8. The molecule has 0 amide bonds. The Morgan fingerprint density at radius 1 is 0.585 bits per heavy atom. The summed E-state index contributed by atoms with van der Waals surface area (Å²) in [7, 11) is -1.86. The molecule has 53 heavy (non-hydrogen) atoms. The fraction of sp³-hybridized carbons (Fsp3) is 0. The van der Waals surface area contributed by atoms with Gasteiger partial charge >= 0.3 is 7.12 Å². The van der Waals surface area contributed by atoms with Gasteiger partial charge in [0.15, 0.2) is 0 Å². The normalized spacial score (nSPS) is 9.98. The van der Waals surface area contributed by atoms with Crippen molar-refractivity contribution >= 4 is 80.4 Å². The highest BCUT2D eigenvalue weighted by Gasteiger charge is 2.19. The van der Waals surface area contributed by atoms with Crippen LogP contribution in [0.4, 0.5) is 30.2 Å². The number of nitrogen functional groups attached to an aromatic ring is 1. The molecule has 0 aromatic heterocycles. The highest BCUT2D eigenvalue weighted by molar-refractivity contribution is 9.10. The van der Waals surface area contributed by atoms with Crippen LogP contribution in [0.1, 0.15) is 0 Å². The Morgan fingerprint density at radius 3 is 1.40 bits per heavy atom. The zero-order valence-corrected chi connectivity index (χ0v) is 30.7. The van der Waals surface area contributed by atoms with Gasteiger partial charge in [-0.2, -0.15) is 0 Å². The molecule has 0 aliphatic rings. The van der Waals surface area contributed by atoms with E-state index in [2.05, 4.69) is 15.9 Å². The first-order chi connectivity index (χ1) is 25.1. The van der Waals surface area contributed by atoms with E-state index in [0.717, 1.165) is 10.5 Å². The van der Waals surface area contributed by atoms with Crippen LogP contribution in [0.5, 0.6) is 0 Å². The third-order valence-electron chi connectivity index (χ3n) is 6.72. The number of anilines is 1. The molecule has 6 rings (SSSR count). The van der Waals surface area contributed by atoms with Crippen LogP contribution in [-0.2, 0) is 0 Å². The summed E-state index contributed by atoms with van der Waals surface area (Å²) in [5.74, 6) is -1.56. The van der Waals surface area contributed by atoms with Gasteiger partial charge in [0.2, 0.25) is 0 Å². The van der Waals surface area contributed by atoms with E-state index < -0.39 is 28.6 Å². The summed E-state index contributed by atoms with van der Waals surface area (Å²) in [6, 6.07) is 31.8. The second-order valence-corrected chi connectivity index (χ2v) is 12.5. The van der Waals surface area contributed by atoms with Gasteiger partial charge in [-0.1, -0.05) is 99.3 Å². The molecule has 0 bridgehead atoms. The van der Waals surface area contributed by atoms with Gasteiger partial charge in [0.25, 0.3) is 11.4 Å². The fourth-order valence-corrected chi connectivity index (χ4v) is 5.56. The van der Waals surface area contributed by atoms with Crippen LogP contribution >= 0.6 is 50.7 Å². The first kappa shape index (κ1) is 42.5. The van der Waals surface area contributed by atoms with Crippen molar-refractivity contribution in [1.29, 1.82) is 0 Å². The number of nitrogens with two attached hydrogens (primary N) is 1. The average Bonchev–Trinajstić information content (AvgIpc) is 3.09. The number of hydrogen-bond acceptors (Lipinski definition) is 7. The summed E-state index contributed by atoms with van der Waals surface area (Å²) >= 11 is 20.4. The molecule has 6 aromatic carbocycles. The maximum Gasteiger partial charge on any atom is 0.492 e. The van der Waals surface area contributed by atoms with Gasteiger partial charge in [-0.15, -0.1) is 0 Å². The highest BCUT2D eigenvalue weighted by Crippen LogP contribution is 2.33. The van der Waals surface area contributed by atoms with Crippen LogP contribution in [0.25, 0.3) is 22.3 Å². The van der Waals surface area contributed by atoms with E-state index in [1.54, 1.807) is 60.7 Å². The molecule has 0 saturated carbocycles. The van der Waals surface area contributed by atoms with E-state index in [0.29, 0.717) is 27.4 Å². The van der Waals surface area contributed by atoms with Crippen molar-refractivity contribution in [3.8, 4) is 22.3 Å². The van der Waals surface area contributed by atoms with Crippen molar-refractivity contribution in [2.75, 3.05) is 5.73 Å². The van der Waals surface area contributed by atoms with Crippen LogP contribution in [0.3, 0.4) is 0 Å². The van der Waals surface area contributed by atoms with Crippen molar-refractivity contribution in [3.05, 3.63) is 185 Å². The number of nitro benzene ring substituents is 2. The zero-order chi connectivity index (χ0) is 39.2. The molecule has 0 fully saturated rings. The number of non-ortho nitro benzene ring substituents is 2. The smallest absolute Gasteiger partial charge is 0.423 e. The van der Waals surface area contributed by atoms with Crippen molar-refractivity contribution in [2.45, 2.75) is 0 Å². The van der Waals surface area contributed by atoms with Crippen LogP contribution in [0, 0.1) is 37.7 Å². The summed E-state index contributed by atoms with van der Waals surface area (Å²) in [6.07, 6.45) is 0. The fourth-order valence-electron chi connectivity index (χ4n) is 4.36. The van der Waals surface area contributed by atoms with E-state index in [1.807, 2.05) is 0 Å². The summed E-state index contributed by atoms with van der Waals surface area (Å²) < 4.78 is 40.6. The van der Waals surface area contributed by atoms with Crippen LogP contribution in [0.15, 0.2) is 132 Å². The monoisotopic (exact) mass is 847 g/mol. The number of hydrogen-bond donors (Lipinski definition) is 3. The minimum Gasteiger partial charge on any atom is -0.423 e. The SMILES string of the molecule is Nc1cccc(-c2c(F)cccc2Cl)c1.O=[N+]([O-])c1cccc(-c2c(F)cccc2Cl)c1.O=[N+]([O-])c1cccc(Br)c1.OB(O)c1c(F)cccc1Cl. The number of rotatable bonds is 5. The second-order valence-electron chi connectivity index (χ2n) is 10.4. The van der Waals surface area contributed by atoms with Gasteiger partial charge in [0.1, 0.15) is 17.5 Å². The first-order valence-corrected chi connectivity index (χ1v) is 16.7. The predicted octanol–water partition coefficient (Wildman–Crippen LogP) is 10.3. The van der Waals surface area contributed by atoms with Crippen molar-refractivity contribution in [1.82, 2.24) is 0 Å². The Kier molecular flexibility index (Phi) is 16.3. The zero-order valence-electron chi connectivity index (χ0n) is 26.8. The van der Waals surface area contributed by atoms with Crippen molar-refractivity contribution in [3.63, 3.8) is 0 Å². The number of benzene rings is 6. The molecule has 0 spiro atoms. The predicted molar refractivity (Wildman–Crippen MR) is 207 cm³/mol. The summed E-state index contributed by atoms with van der Waals surface area (Å²) in [6.45, 7) is 0. The number of nitrogens with zero attached hydrogens (tertiary/aromatic N) is 2. The summed E-state index contributed by atoms with van der Waals surface area (Å²) in [5, 5.41) is 38.6. The van der Waals surface area contributed by atoms with Crippen LogP contribution in [0.2, 0.25) is 15.1 Å². The molecular formula is C36H25BBrCl3F3N3O6. The Hall–Kier alpha value is -4.96. The highest BCUT2D eigenvalue weighted by atomic mass is 79.9. The van der Waals surface area contributed by atoms with Gasteiger partial charge in [-0.3, -0.25) is 20.2 Å². The lowest BCUT2D eigenvalue weighted by Gasteiger charge is -2.06. The minimum absolute atomic E-state index is 0.0139. The van der Waals surface area contributed by atoms with Crippen molar-refractivity contribution < 1.29 is 33.1 Å². The first-order valence-electron chi connectivity index (χ1n) is 14.8. The van der Waals surface area contributed by atoms with Crippen LogP contribution in [-0.4, -0.2) is 27.0 Å². The molecule has 0 aliphatic heterocycles. The second kappa shape index (κ2) is 20.3. The lowest BCUT2D eigenvalue weighted by Crippen LogP contribution is -2.33. The molecule has 6 aromatic rings. The largest absolute Gasteiger partial charge is 0.492 e. The maximum absolute atomic E-state index is 13.6. The molecule has 0 unspecified atom stereocenters.